The summed E-state index contributed by atoms with van der Waals surface area (Å²) in [6, 6.07) is 0. The predicted molar refractivity (Wildman–Crippen MR) is 135 cm³/mol. The third-order valence-electron chi connectivity index (χ3n) is 6.92. The maximum absolute atomic E-state index is 5.76. The number of hydrogen-bond donors (Lipinski definition) is 2. The van der Waals surface area contributed by atoms with Gasteiger partial charge in [-0.15, -0.1) is 0 Å². The second-order valence-corrected chi connectivity index (χ2v) is 9.73. The Bertz CT molecular complexity index is 1120. The van der Waals surface area contributed by atoms with Crippen molar-refractivity contribution in [1.82, 2.24) is 40.0 Å². The molecule has 0 amide bonds. The van der Waals surface area contributed by atoms with Gasteiger partial charge >= 0.3 is 0 Å². The lowest BCUT2D eigenvalue weighted by atomic mass is 10.1. The monoisotopic (exact) mass is 491 g/mol. The lowest BCUT2D eigenvalue weighted by molar-refractivity contribution is 0.0161. The van der Waals surface area contributed by atoms with Crippen LogP contribution in [0.4, 0.5) is 23.5 Å². The molecule has 0 aromatic carbocycles. The minimum Gasteiger partial charge on any atom is -0.374 e. The first-order chi connectivity index (χ1) is 17.8. The van der Waals surface area contributed by atoms with E-state index in [-0.39, 0.29) is 6.10 Å². The molecule has 190 valence electrons. The molecule has 6 rings (SSSR count). The summed E-state index contributed by atoms with van der Waals surface area (Å²) in [7, 11) is 0. The maximum atomic E-state index is 5.76. The predicted octanol–water partition coefficient (Wildman–Crippen LogP) is 1.26. The highest BCUT2D eigenvalue weighted by Crippen LogP contribution is 2.33. The van der Waals surface area contributed by atoms with Gasteiger partial charge in [0.05, 0.1) is 31.1 Å². The van der Waals surface area contributed by atoms with Gasteiger partial charge in [0.2, 0.25) is 17.8 Å². The van der Waals surface area contributed by atoms with Crippen molar-refractivity contribution in [2.75, 3.05) is 61.0 Å². The van der Waals surface area contributed by atoms with Crippen molar-refractivity contribution in [1.29, 1.82) is 0 Å². The van der Waals surface area contributed by atoms with E-state index in [1.165, 1.54) is 24.8 Å². The molecule has 2 N–H and O–H groups in total. The van der Waals surface area contributed by atoms with Crippen LogP contribution >= 0.6 is 0 Å². The Morgan fingerprint density at radius 1 is 0.972 bits per heavy atom. The van der Waals surface area contributed by atoms with Gasteiger partial charge in [0.25, 0.3) is 0 Å². The number of aromatic nitrogens is 7. The number of hydrogen-bond acceptors (Lipinski definition) is 11. The summed E-state index contributed by atoms with van der Waals surface area (Å²) in [5, 5.41) is 11.0. The van der Waals surface area contributed by atoms with Crippen LogP contribution in [0.15, 0.2) is 31.1 Å². The Kier molecular flexibility index (Phi) is 6.85. The van der Waals surface area contributed by atoms with Crippen molar-refractivity contribution >= 4 is 23.5 Å². The van der Waals surface area contributed by atoms with Crippen molar-refractivity contribution in [3.63, 3.8) is 0 Å². The van der Waals surface area contributed by atoms with Crippen LogP contribution in [0.2, 0.25) is 0 Å². The molecule has 1 saturated carbocycles. The topological polar surface area (TPSA) is 122 Å². The first-order valence-corrected chi connectivity index (χ1v) is 12.9. The van der Waals surface area contributed by atoms with E-state index in [2.05, 4.69) is 50.5 Å². The van der Waals surface area contributed by atoms with E-state index in [9.17, 15) is 0 Å². The van der Waals surface area contributed by atoms with E-state index in [0.29, 0.717) is 18.4 Å². The van der Waals surface area contributed by atoms with Crippen LogP contribution in [-0.4, -0.2) is 86.7 Å². The molecular formula is C24H33N11O. The number of nitrogens with zero attached hydrogens (tertiary/aromatic N) is 9. The molecule has 2 saturated heterocycles. The van der Waals surface area contributed by atoms with Crippen LogP contribution in [-0.2, 0) is 17.7 Å². The summed E-state index contributed by atoms with van der Waals surface area (Å²) in [6.07, 6.45) is 14.5. The van der Waals surface area contributed by atoms with Crippen LogP contribution in [0.1, 0.15) is 24.8 Å². The highest BCUT2D eigenvalue weighted by molar-refractivity contribution is 5.51. The maximum Gasteiger partial charge on any atom is 0.232 e. The van der Waals surface area contributed by atoms with Crippen molar-refractivity contribution in [2.24, 2.45) is 5.92 Å². The second-order valence-electron chi connectivity index (χ2n) is 9.73. The summed E-state index contributed by atoms with van der Waals surface area (Å²) < 4.78 is 7.64. The second kappa shape index (κ2) is 10.7. The molecule has 3 aromatic rings. The Morgan fingerprint density at radius 2 is 1.78 bits per heavy atom. The molecular weight excluding hydrogens is 458 g/mol. The molecule has 3 aromatic heterocycles. The molecule has 2 aliphatic heterocycles. The molecule has 3 fully saturated rings. The van der Waals surface area contributed by atoms with Gasteiger partial charge in [-0.1, -0.05) is 12.8 Å². The van der Waals surface area contributed by atoms with Crippen LogP contribution < -0.4 is 20.4 Å². The molecule has 0 spiro atoms. The fourth-order valence-corrected chi connectivity index (χ4v) is 4.63. The van der Waals surface area contributed by atoms with Crippen molar-refractivity contribution in [3.05, 3.63) is 36.7 Å². The van der Waals surface area contributed by atoms with E-state index in [0.717, 1.165) is 69.8 Å². The van der Waals surface area contributed by atoms with Crippen molar-refractivity contribution < 1.29 is 4.74 Å². The summed E-state index contributed by atoms with van der Waals surface area (Å²) in [5.74, 6) is 2.90. The van der Waals surface area contributed by atoms with Crippen LogP contribution in [0.5, 0.6) is 0 Å². The molecule has 0 bridgehead atoms. The van der Waals surface area contributed by atoms with Gasteiger partial charge in [0.1, 0.15) is 6.33 Å². The summed E-state index contributed by atoms with van der Waals surface area (Å²) in [6.45, 7) is 6.41. The van der Waals surface area contributed by atoms with Crippen LogP contribution in [0, 0.1) is 5.92 Å². The molecule has 12 nitrogen and oxygen atoms in total. The Balaban J connectivity index is 1.01. The van der Waals surface area contributed by atoms with Gasteiger partial charge in [-0.05, 0) is 24.3 Å². The minimum atomic E-state index is 0.129. The molecule has 5 heterocycles. The van der Waals surface area contributed by atoms with Gasteiger partial charge in [-0.2, -0.15) is 10.1 Å². The quantitative estimate of drug-likeness (QED) is 0.450. The third-order valence-corrected chi connectivity index (χ3v) is 6.92. The zero-order valence-electron chi connectivity index (χ0n) is 20.5. The molecule has 1 unspecified atom stereocenters. The van der Waals surface area contributed by atoms with E-state index in [1.807, 2.05) is 23.3 Å². The minimum absolute atomic E-state index is 0.129. The number of morpholine rings is 1. The van der Waals surface area contributed by atoms with E-state index in [1.54, 1.807) is 12.5 Å². The number of rotatable bonds is 9. The first-order valence-electron chi connectivity index (χ1n) is 12.9. The smallest absolute Gasteiger partial charge is 0.232 e. The number of aryl methyl sites for hydroxylation is 1. The first kappa shape index (κ1) is 23.0. The lowest BCUT2D eigenvalue weighted by Gasteiger charge is -2.34. The van der Waals surface area contributed by atoms with Gasteiger partial charge in [-0.3, -0.25) is 4.68 Å². The Hall–Kier alpha value is -3.38. The molecule has 0 radical (unpaired) electrons. The van der Waals surface area contributed by atoms with Crippen LogP contribution in [0.25, 0.3) is 0 Å². The van der Waals surface area contributed by atoms with Crippen molar-refractivity contribution in [3.8, 4) is 0 Å². The van der Waals surface area contributed by atoms with Gasteiger partial charge in [-0.25, -0.2) is 19.9 Å². The zero-order valence-corrected chi connectivity index (χ0v) is 20.5. The van der Waals surface area contributed by atoms with E-state index >= 15 is 0 Å². The average molecular weight is 492 g/mol. The van der Waals surface area contributed by atoms with Crippen molar-refractivity contribution in [2.45, 2.75) is 38.3 Å². The molecule has 3 aliphatic rings. The largest absolute Gasteiger partial charge is 0.374 e. The zero-order chi connectivity index (χ0) is 24.2. The van der Waals surface area contributed by atoms with Gasteiger partial charge in [0, 0.05) is 57.9 Å². The van der Waals surface area contributed by atoms with Gasteiger partial charge in [0.15, 0.2) is 0 Å². The molecule has 36 heavy (non-hydrogen) atoms. The normalized spacial score (nSPS) is 20.5. The SMILES string of the molecule is c1nc(Nc2cnn(CC3CNCCO3)c2)nc(N2CCN(c3ncc(CCC4CC4)cn3)CC2)n1. The average Bonchev–Trinajstić information content (AvgIpc) is 3.67. The summed E-state index contributed by atoms with van der Waals surface area (Å²) in [4.78, 5) is 27.0. The summed E-state index contributed by atoms with van der Waals surface area (Å²) >= 11 is 0. The molecule has 1 aliphatic carbocycles. The Labute approximate surface area is 210 Å². The number of piperazine rings is 1. The van der Waals surface area contributed by atoms with E-state index in [4.69, 9.17) is 4.74 Å². The highest BCUT2D eigenvalue weighted by Gasteiger charge is 2.23. The summed E-state index contributed by atoms with van der Waals surface area (Å²) in [5.41, 5.74) is 2.07. The molecule has 12 heteroatoms. The highest BCUT2D eigenvalue weighted by atomic mass is 16.5. The Morgan fingerprint density at radius 3 is 2.53 bits per heavy atom. The van der Waals surface area contributed by atoms with Gasteiger partial charge < -0.3 is 25.2 Å². The third kappa shape index (κ3) is 5.88. The molecule has 1 atom stereocenters. The van der Waals surface area contributed by atoms with Crippen LogP contribution in [0.3, 0.4) is 0 Å². The fraction of sp³-hybridized carbons (Fsp3) is 0.583. The number of anilines is 4. The number of ether oxygens (including phenoxy) is 1. The van der Waals surface area contributed by atoms with E-state index < -0.39 is 0 Å². The lowest BCUT2D eigenvalue weighted by Crippen LogP contribution is -2.47. The number of nitrogens with one attached hydrogen (secondary N) is 2. The standard InChI is InChI=1S/C24H33N11O/c1-2-18(1)3-4-19-11-26-23(27-12-19)33-6-8-34(9-7-33)24-29-17-28-22(32-24)31-20-13-30-35(15-20)16-21-14-25-5-10-36-21/h11-13,15,17-18,21,25H,1-10,14,16H2,(H,28,29,31,32). The fourth-order valence-electron chi connectivity index (χ4n) is 4.63.